The van der Waals surface area contributed by atoms with Gasteiger partial charge in [0.2, 0.25) is 17.7 Å². The number of fused-ring (bicyclic) bond motifs is 5. The Bertz CT molecular complexity index is 1420. The Labute approximate surface area is 220 Å². The highest BCUT2D eigenvalue weighted by molar-refractivity contribution is 7.99. The summed E-state index contributed by atoms with van der Waals surface area (Å²) in [7, 11) is 0. The molecule has 0 saturated carbocycles. The highest BCUT2D eigenvalue weighted by atomic mass is 32.2. The van der Waals surface area contributed by atoms with Crippen LogP contribution < -0.4 is 10.2 Å². The molecular formula is C27H22F3N3O4S. The van der Waals surface area contributed by atoms with E-state index >= 15 is 0 Å². The molecule has 2 fully saturated rings. The summed E-state index contributed by atoms with van der Waals surface area (Å²) in [6, 6.07) is 11.6. The summed E-state index contributed by atoms with van der Waals surface area (Å²) in [6.45, 7) is 3.13. The maximum atomic E-state index is 13.6. The van der Waals surface area contributed by atoms with Gasteiger partial charge in [0, 0.05) is 23.3 Å². The maximum Gasteiger partial charge on any atom is 0.417 e. The molecule has 2 saturated heterocycles. The molecule has 38 heavy (non-hydrogen) atoms. The quantitative estimate of drug-likeness (QED) is 0.317. The maximum absolute atomic E-state index is 13.6. The third-order valence-electron chi connectivity index (χ3n) is 7.18. The number of rotatable bonds is 6. The minimum absolute atomic E-state index is 0.172. The molecule has 2 bridgehead atoms. The average Bonchev–Trinajstić information content (AvgIpc) is 3.43. The largest absolute Gasteiger partial charge is 0.417 e. The molecule has 0 spiro atoms. The summed E-state index contributed by atoms with van der Waals surface area (Å²) < 4.78 is 46.9. The van der Waals surface area contributed by atoms with Crippen molar-refractivity contribution in [3.8, 4) is 6.07 Å². The zero-order valence-electron chi connectivity index (χ0n) is 20.3. The van der Waals surface area contributed by atoms with E-state index in [1.807, 2.05) is 12.1 Å². The number of carbonyl (C=O) groups excluding carboxylic acids is 3. The lowest BCUT2D eigenvalue weighted by Gasteiger charge is -2.29. The van der Waals surface area contributed by atoms with Crippen molar-refractivity contribution in [2.45, 2.75) is 42.5 Å². The lowest BCUT2D eigenvalue weighted by Crippen LogP contribution is -2.41. The third kappa shape index (κ3) is 4.18. The van der Waals surface area contributed by atoms with Gasteiger partial charge in [-0.05, 0) is 55.8 Å². The monoisotopic (exact) mass is 541 g/mol. The SMILES string of the molecule is CC(=O)Nc1ccc(SCC[C@@]23C=C[C@@](C)(O2)[C@H]2C(=O)N(c4ccc(C#N)c(C(F)(F)F)c4)C(=O)[C@H]23)cc1. The van der Waals surface area contributed by atoms with Crippen molar-refractivity contribution in [2.24, 2.45) is 11.8 Å². The minimum Gasteiger partial charge on any atom is -0.359 e. The lowest BCUT2D eigenvalue weighted by molar-refractivity contribution is -0.138. The van der Waals surface area contributed by atoms with Gasteiger partial charge in [-0.15, -0.1) is 11.8 Å². The molecule has 3 amide bonds. The van der Waals surface area contributed by atoms with Gasteiger partial charge in [-0.1, -0.05) is 12.2 Å². The number of anilines is 2. The standard InChI is InChI=1S/C27H22F3N3O4S/c1-15(34)32-17-4-7-19(8-5-17)38-12-11-26-10-9-25(2,37-26)21-22(26)24(36)33(23(21)35)18-6-3-16(14-31)20(13-18)27(28,29)30/h3-10,13,21-22H,11-12H2,1-2H3,(H,32,34)/t21-,22+,25-,26-/m1/s1. The number of nitriles is 1. The Morgan fingerprint density at radius 2 is 1.82 bits per heavy atom. The van der Waals surface area contributed by atoms with E-state index in [1.165, 1.54) is 30.8 Å². The number of amides is 3. The highest BCUT2D eigenvalue weighted by Gasteiger charge is 2.71. The second-order valence-corrected chi connectivity index (χ2v) is 10.9. The number of halogens is 3. The van der Waals surface area contributed by atoms with Crippen molar-refractivity contribution in [1.82, 2.24) is 0 Å². The molecule has 0 unspecified atom stereocenters. The minimum atomic E-state index is -4.82. The van der Waals surface area contributed by atoms with E-state index in [1.54, 1.807) is 31.2 Å². The van der Waals surface area contributed by atoms with Gasteiger partial charge in [-0.25, -0.2) is 4.90 Å². The molecule has 196 valence electrons. The number of carbonyl (C=O) groups is 3. The molecule has 3 heterocycles. The third-order valence-corrected chi connectivity index (χ3v) is 8.19. The van der Waals surface area contributed by atoms with Gasteiger partial charge >= 0.3 is 6.18 Å². The molecule has 0 aliphatic carbocycles. The van der Waals surface area contributed by atoms with Gasteiger partial charge in [0.15, 0.2) is 0 Å². The van der Waals surface area contributed by atoms with Crippen LogP contribution in [-0.2, 0) is 25.3 Å². The summed E-state index contributed by atoms with van der Waals surface area (Å²) in [5, 5.41) is 11.8. The predicted molar refractivity (Wildman–Crippen MR) is 133 cm³/mol. The number of hydrogen-bond donors (Lipinski definition) is 1. The first-order chi connectivity index (χ1) is 17.9. The fourth-order valence-corrected chi connectivity index (χ4v) is 6.56. The number of nitrogens with one attached hydrogen (secondary N) is 1. The van der Waals surface area contributed by atoms with Crippen molar-refractivity contribution in [3.05, 3.63) is 65.7 Å². The van der Waals surface area contributed by atoms with Crippen LogP contribution in [0.25, 0.3) is 0 Å². The topological polar surface area (TPSA) is 99.5 Å². The van der Waals surface area contributed by atoms with Crippen LogP contribution >= 0.6 is 11.8 Å². The van der Waals surface area contributed by atoms with E-state index < -0.39 is 52.2 Å². The zero-order chi connectivity index (χ0) is 27.5. The number of ether oxygens (including phenoxy) is 1. The molecule has 5 rings (SSSR count). The van der Waals surface area contributed by atoms with E-state index in [9.17, 15) is 27.6 Å². The van der Waals surface area contributed by atoms with E-state index in [-0.39, 0.29) is 11.6 Å². The summed E-state index contributed by atoms with van der Waals surface area (Å²) in [4.78, 5) is 40.0. The molecule has 3 aliphatic heterocycles. The van der Waals surface area contributed by atoms with Crippen molar-refractivity contribution in [1.29, 1.82) is 5.26 Å². The van der Waals surface area contributed by atoms with Crippen LogP contribution in [0, 0.1) is 23.2 Å². The fraction of sp³-hybridized carbons (Fsp3) is 0.333. The van der Waals surface area contributed by atoms with Crippen molar-refractivity contribution >= 4 is 40.9 Å². The predicted octanol–water partition coefficient (Wildman–Crippen LogP) is 4.92. The zero-order valence-corrected chi connectivity index (χ0v) is 21.2. The van der Waals surface area contributed by atoms with Crippen LogP contribution in [0.15, 0.2) is 59.5 Å². The number of hydrogen-bond acceptors (Lipinski definition) is 6. The molecule has 0 aromatic heterocycles. The molecule has 7 nitrogen and oxygen atoms in total. The fourth-order valence-electron chi connectivity index (χ4n) is 5.57. The van der Waals surface area contributed by atoms with Gasteiger partial charge in [-0.2, -0.15) is 18.4 Å². The Balaban J connectivity index is 1.38. The van der Waals surface area contributed by atoms with Crippen LogP contribution in [0.5, 0.6) is 0 Å². The van der Waals surface area contributed by atoms with Gasteiger partial charge in [0.25, 0.3) is 0 Å². The Hall–Kier alpha value is -3.62. The van der Waals surface area contributed by atoms with Crippen molar-refractivity contribution in [2.75, 3.05) is 16.0 Å². The van der Waals surface area contributed by atoms with Gasteiger partial charge in [-0.3, -0.25) is 14.4 Å². The highest BCUT2D eigenvalue weighted by Crippen LogP contribution is 2.59. The number of imide groups is 1. The first-order valence-electron chi connectivity index (χ1n) is 11.8. The van der Waals surface area contributed by atoms with E-state index in [0.717, 1.165) is 15.9 Å². The summed E-state index contributed by atoms with van der Waals surface area (Å²) >= 11 is 1.52. The van der Waals surface area contributed by atoms with E-state index in [2.05, 4.69) is 5.32 Å². The smallest absolute Gasteiger partial charge is 0.359 e. The molecular weight excluding hydrogens is 519 g/mol. The molecule has 11 heteroatoms. The average molecular weight is 542 g/mol. The van der Waals surface area contributed by atoms with Crippen molar-refractivity contribution in [3.63, 3.8) is 0 Å². The summed E-state index contributed by atoms with van der Waals surface area (Å²) in [6.07, 6.45) is -0.873. The molecule has 0 radical (unpaired) electrons. The molecule has 2 aromatic rings. The molecule has 1 N–H and O–H groups in total. The van der Waals surface area contributed by atoms with Crippen LogP contribution in [0.1, 0.15) is 31.4 Å². The van der Waals surface area contributed by atoms with Crippen LogP contribution in [0.3, 0.4) is 0 Å². The Kier molecular flexibility index (Phi) is 6.16. The molecule has 3 aliphatic rings. The number of benzene rings is 2. The van der Waals surface area contributed by atoms with E-state index in [4.69, 9.17) is 10.00 Å². The summed E-state index contributed by atoms with van der Waals surface area (Å²) in [5.41, 5.74) is -3.46. The first-order valence-corrected chi connectivity index (χ1v) is 12.8. The van der Waals surface area contributed by atoms with E-state index in [0.29, 0.717) is 23.9 Å². The van der Waals surface area contributed by atoms with Gasteiger partial charge in [0.1, 0.15) is 5.60 Å². The second kappa shape index (κ2) is 8.99. The van der Waals surface area contributed by atoms with Crippen LogP contribution in [0.4, 0.5) is 24.5 Å². The van der Waals surface area contributed by atoms with Gasteiger partial charge < -0.3 is 10.1 Å². The Morgan fingerprint density at radius 1 is 1.13 bits per heavy atom. The lowest BCUT2D eigenvalue weighted by atomic mass is 9.71. The summed E-state index contributed by atoms with van der Waals surface area (Å²) in [5.74, 6) is -2.61. The first kappa shape index (κ1) is 26.0. The Morgan fingerprint density at radius 3 is 2.45 bits per heavy atom. The van der Waals surface area contributed by atoms with Crippen LogP contribution in [-0.4, -0.2) is 34.7 Å². The normalized spacial score (nSPS) is 27.5. The second-order valence-electron chi connectivity index (χ2n) is 9.68. The molecule has 4 atom stereocenters. The van der Waals surface area contributed by atoms with Gasteiger partial charge in [0.05, 0.1) is 40.3 Å². The number of alkyl halides is 3. The van der Waals surface area contributed by atoms with Crippen LogP contribution in [0.2, 0.25) is 0 Å². The van der Waals surface area contributed by atoms with Crippen molar-refractivity contribution < 1.29 is 32.3 Å². The molecule has 2 aromatic carbocycles. The number of thioether (sulfide) groups is 1. The number of nitrogens with zero attached hydrogens (tertiary/aromatic N) is 2.